The van der Waals surface area contributed by atoms with E-state index >= 15 is 0 Å². The third-order valence-electron chi connectivity index (χ3n) is 3.45. The standard InChI is InChI=1S/C17H16N2O2/c1-18-16(20)14-15(12-8-4-2-5-9-12)21-17(19-14)13-10-6-3-7-11-13/h2-11,14-15H,1H3,(H,18,20). The minimum atomic E-state index is -0.562. The molecule has 2 aromatic carbocycles. The van der Waals surface area contributed by atoms with E-state index < -0.39 is 6.04 Å². The SMILES string of the molecule is CNC(=O)C1N=C(c2ccccc2)OC1c1ccccc1. The van der Waals surface area contributed by atoms with Crippen molar-refractivity contribution >= 4 is 11.8 Å². The molecule has 0 radical (unpaired) electrons. The smallest absolute Gasteiger partial charge is 0.248 e. The summed E-state index contributed by atoms with van der Waals surface area (Å²) in [5, 5.41) is 2.65. The van der Waals surface area contributed by atoms with E-state index in [0.717, 1.165) is 11.1 Å². The van der Waals surface area contributed by atoms with E-state index in [1.807, 2.05) is 60.7 Å². The van der Waals surface area contributed by atoms with Gasteiger partial charge in [0.05, 0.1) is 0 Å². The van der Waals surface area contributed by atoms with Crippen molar-refractivity contribution in [2.75, 3.05) is 7.05 Å². The van der Waals surface area contributed by atoms with E-state index in [4.69, 9.17) is 4.74 Å². The quantitative estimate of drug-likeness (QED) is 0.938. The summed E-state index contributed by atoms with van der Waals surface area (Å²) in [5.74, 6) is 0.368. The maximum absolute atomic E-state index is 12.1. The average molecular weight is 280 g/mol. The normalized spacial score (nSPS) is 20.5. The average Bonchev–Trinajstić information content (AvgIpc) is 3.01. The van der Waals surface area contributed by atoms with Crippen molar-refractivity contribution in [3.05, 3.63) is 71.8 Å². The van der Waals surface area contributed by atoms with Gasteiger partial charge in [-0.25, -0.2) is 4.99 Å². The first-order chi connectivity index (χ1) is 10.3. The van der Waals surface area contributed by atoms with Gasteiger partial charge in [0.1, 0.15) is 0 Å². The second-order valence-electron chi connectivity index (χ2n) is 4.81. The van der Waals surface area contributed by atoms with Gasteiger partial charge in [0.25, 0.3) is 0 Å². The molecule has 0 fully saturated rings. The first kappa shape index (κ1) is 13.4. The van der Waals surface area contributed by atoms with Crippen molar-refractivity contribution in [1.82, 2.24) is 5.32 Å². The van der Waals surface area contributed by atoms with E-state index in [2.05, 4.69) is 10.3 Å². The number of likely N-dealkylation sites (N-methyl/N-ethyl adjacent to an activating group) is 1. The van der Waals surface area contributed by atoms with E-state index in [9.17, 15) is 4.79 Å². The number of amides is 1. The Morgan fingerprint density at radius 2 is 1.67 bits per heavy atom. The molecule has 21 heavy (non-hydrogen) atoms. The van der Waals surface area contributed by atoms with Crippen molar-refractivity contribution in [2.45, 2.75) is 12.1 Å². The van der Waals surface area contributed by atoms with Crippen LogP contribution in [0.2, 0.25) is 0 Å². The van der Waals surface area contributed by atoms with Crippen molar-refractivity contribution in [3.63, 3.8) is 0 Å². The molecule has 0 saturated carbocycles. The third-order valence-corrected chi connectivity index (χ3v) is 3.45. The lowest BCUT2D eigenvalue weighted by molar-refractivity contribution is -0.123. The number of ether oxygens (including phenoxy) is 1. The summed E-state index contributed by atoms with van der Waals surface area (Å²) in [5.41, 5.74) is 1.82. The molecule has 1 aliphatic heterocycles. The number of carbonyl (C=O) groups is 1. The van der Waals surface area contributed by atoms with Crippen LogP contribution in [-0.2, 0) is 9.53 Å². The number of aliphatic imine (C=N–C) groups is 1. The molecule has 0 aliphatic carbocycles. The fourth-order valence-electron chi connectivity index (χ4n) is 2.37. The zero-order valence-electron chi connectivity index (χ0n) is 11.7. The van der Waals surface area contributed by atoms with Crippen LogP contribution in [-0.4, -0.2) is 24.9 Å². The van der Waals surface area contributed by atoms with E-state index in [0.29, 0.717) is 5.90 Å². The highest BCUT2D eigenvalue weighted by molar-refractivity contribution is 5.98. The summed E-state index contributed by atoms with van der Waals surface area (Å²) < 4.78 is 5.96. The Bertz CT molecular complexity index is 653. The van der Waals surface area contributed by atoms with Crippen molar-refractivity contribution in [2.24, 2.45) is 4.99 Å². The van der Waals surface area contributed by atoms with Crippen LogP contribution >= 0.6 is 0 Å². The minimum Gasteiger partial charge on any atom is -0.466 e. The Balaban J connectivity index is 1.95. The number of nitrogens with one attached hydrogen (secondary N) is 1. The number of carbonyl (C=O) groups excluding carboxylic acids is 1. The fourth-order valence-corrected chi connectivity index (χ4v) is 2.37. The van der Waals surface area contributed by atoms with Crippen LogP contribution in [0.1, 0.15) is 17.2 Å². The summed E-state index contributed by atoms with van der Waals surface area (Å²) >= 11 is 0. The molecule has 0 saturated heterocycles. The second kappa shape index (κ2) is 5.79. The molecule has 4 heteroatoms. The molecule has 4 nitrogen and oxygen atoms in total. The Hall–Kier alpha value is -2.62. The molecule has 2 aromatic rings. The van der Waals surface area contributed by atoms with Gasteiger partial charge in [0.2, 0.25) is 11.8 Å². The van der Waals surface area contributed by atoms with Gasteiger partial charge < -0.3 is 10.1 Å². The molecule has 1 heterocycles. The lowest BCUT2D eigenvalue weighted by atomic mass is 10.0. The summed E-state index contributed by atoms with van der Waals surface area (Å²) in [7, 11) is 1.61. The number of hydrogen-bond donors (Lipinski definition) is 1. The Kier molecular flexibility index (Phi) is 3.69. The zero-order chi connectivity index (χ0) is 14.7. The molecule has 3 rings (SSSR count). The molecule has 1 N–H and O–H groups in total. The van der Waals surface area contributed by atoms with E-state index in [1.54, 1.807) is 7.05 Å². The second-order valence-corrected chi connectivity index (χ2v) is 4.81. The van der Waals surface area contributed by atoms with E-state index in [1.165, 1.54) is 0 Å². The fraction of sp³-hybridized carbons (Fsp3) is 0.176. The van der Waals surface area contributed by atoms with Crippen LogP contribution < -0.4 is 5.32 Å². The Morgan fingerprint density at radius 3 is 2.29 bits per heavy atom. The van der Waals surface area contributed by atoms with Gasteiger partial charge in [-0.2, -0.15) is 0 Å². The highest BCUT2D eigenvalue weighted by Crippen LogP contribution is 2.31. The predicted octanol–water partition coefficient (Wildman–Crippen LogP) is 2.32. The van der Waals surface area contributed by atoms with E-state index in [-0.39, 0.29) is 12.0 Å². The molecular weight excluding hydrogens is 264 g/mol. The minimum absolute atomic E-state index is 0.144. The summed E-state index contributed by atoms with van der Waals surface area (Å²) in [4.78, 5) is 16.5. The van der Waals surface area contributed by atoms with Gasteiger partial charge in [0.15, 0.2) is 12.1 Å². The van der Waals surface area contributed by atoms with Crippen LogP contribution in [0, 0.1) is 0 Å². The van der Waals surface area contributed by atoms with Crippen LogP contribution in [0.25, 0.3) is 0 Å². The monoisotopic (exact) mass is 280 g/mol. The maximum Gasteiger partial charge on any atom is 0.248 e. The topological polar surface area (TPSA) is 50.7 Å². The van der Waals surface area contributed by atoms with Crippen molar-refractivity contribution < 1.29 is 9.53 Å². The molecule has 0 bridgehead atoms. The van der Waals surface area contributed by atoms with Crippen molar-refractivity contribution in [1.29, 1.82) is 0 Å². The highest BCUT2D eigenvalue weighted by atomic mass is 16.5. The number of rotatable bonds is 3. The first-order valence-corrected chi connectivity index (χ1v) is 6.86. The van der Waals surface area contributed by atoms with Gasteiger partial charge in [0, 0.05) is 12.6 Å². The first-order valence-electron chi connectivity index (χ1n) is 6.86. The van der Waals surface area contributed by atoms with Gasteiger partial charge in [-0.05, 0) is 17.7 Å². The van der Waals surface area contributed by atoms with Gasteiger partial charge >= 0.3 is 0 Å². The molecular formula is C17H16N2O2. The van der Waals surface area contributed by atoms with Crippen LogP contribution in [0.3, 0.4) is 0 Å². The lowest BCUT2D eigenvalue weighted by Crippen LogP contribution is -2.33. The predicted molar refractivity (Wildman–Crippen MR) is 81.1 cm³/mol. The summed E-state index contributed by atoms with van der Waals surface area (Å²) in [6, 6.07) is 18.8. The number of hydrogen-bond acceptors (Lipinski definition) is 3. The van der Waals surface area contributed by atoms with Gasteiger partial charge in [-0.1, -0.05) is 48.5 Å². The third kappa shape index (κ3) is 2.65. The Labute approximate surface area is 123 Å². The summed E-state index contributed by atoms with van der Waals surface area (Å²) in [6.07, 6.45) is -0.388. The van der Waals surface area contributed by atoms with Crippen LogP contribution in [0.5, 0.6) is 0 Å². The number of nitrogens with zero attached hydrogens (tertiary/aromatic N) is 1. The molecule has 2 unspecified atom stereocenters. The van der Waals surface area contributed by atoms with Crippen LogP contribution in [0.15, 0.2) is 65.7 Å². The molecule has 106 valence electrons. The lowest BCUT2D eigenvalue weighted by Gasteiger charge is -2.16. The van der Waals surface area contributed by atoms with Crippen LogP contribution in [0.4, 0.5) is 0 Å². The molecule has 0 aromatic heterocycles. The van der Waals surface area contributed by atoms with Gasteiger partial charge in [-0.3, -0.25) is 4.79 Å². The molecule has 0 spiro atoms. The summed E-state index contributed by atoms with van der Waals surface area (Å²) in [6.45, 7) is 0. The molecule has 1 aliphatic rings. The molecule has 1 amide bonds. The van der Waals surface area contributed by atoms with Gasteiger partial charge in [-0.15, -0.1) is 0 Å². The van der Waals surface area contributed by atoms with Crippen molar-refractivity contribution in [3.8, 4) is 0 Å². The zero-order valence-corrected chi connectivity index (χ0v) is 11.7. The maximum atomic E-state index is 12.1. The highest BCUT2D eigenvalue weighted by Gasteiger charge is 2.37. The Morgan fingerprint density at radius 1 is 1.05 bits per heavy atom. The number of benzene rings is 2. The molecule has 2 atom stereocenters. The largest absolute Gasteiger partial charge is 0.466 e.